The predicted molar refractivity (Wildman–Crippen MR) is 95.3 cm³/mol. The van der Waals surface area contributed by atoms with Gasteiger partial charge in [-0.1, -0.05) is 18.7 Å². The number of ether oxygens (including phenoxy) is 1. The number of nitrogens with zero attached hydrogens (tertiary/aromatic N) is 1. The third-order valence-electron chi connectivity index (χ3n) is 4.28. The molecule has 0 atom stereocenters. The van der Waals surface area contributed by atoms with E-state index in [9.17, 15) is 4.79 Å². The number of aliphatic hydroxyl groups is 1. The molecule has 126 valence electrons. The lowest BCUT2D eigenvalue weighted by Crippen LogP contribution is -2.39. The number of thiophene rings is 1. The number of aliphatic hydroxyl groups excluding tert-OH is 1. The first-order valence-corrected chi connectivity index (χ1v) is 8.95. The largest absolute Gasteiger partial charge is 0.491 e. The van der Waals surface area contributed by atoms with Crippen LogP contribution in [0.5, 0.6) is 5.75 Å². The van der Waals surface area contributed by atoms with Crippen LogP contribution in [0.4, 0.5) is 0 Å². The quantitative estimate of drug-likeness (QED) is 0.787. The fourth-order valence-corrected chi connectivity index (χ4v) is 3.96. The summed E-state index contributed by atoms with van der Waals surface area (Å²) in [5.74, 6) is 0.687. The average molecular weight is 343 g/mol. The second kappa shape index (κ2) is 7.64. The molecule has 1 N–H and O–H groups in total. The van der Waals surface area contributed by atoms with Gasteiger partial charge in [-0.05, 0) is 58.5 Å². The molecule has 1 aromatic heterocycles. The predicted octanol–water partition coefficient (Wildman–Crippen LogP) is 2.80. The van der Waals surface area contributed by atoms with Gasteiger partial charge < -0.3 is 14.7 Å². The van der Waals surface area contributed by atoms with Crippen molar-refractivity contribution < 1.29 is 14.6 Å². The highest BCUT2D eigenvalue weighted by Crippen LogP contribution is 2.29. The molecular weight excluding hydrogens is 322 g/mol. The van der Waals surface area contributed by atoms with E-state index in [2.05, 4.69) is 17.3 Å². The van der Waals surface area contributed by atoms with E-state index in [0.717, 1.165) is 24.2 Å². The van der Waals surface area contributed by atoms with E-state index < -0.39 is 0 Å². The van der Waals surface area contributed by atoms with Gasteiger partial charge in [-0.3, -0.25) is 4.79 Å². The summed E-state index contributed by atoms with van der Waals surface area (Å²) < 4.78 is 5.37. The number of fused-ring (bicyclic) bond motifs is 1. The summed E-state index contributed by atoms with van der Waals surface area (Å²) in [6.07, 6.45) is 3.22. The SMILES string of the molecule is C=CC(=O)N(Cc1ccc(OCCO)cc1)C1Cc2cscc2C1. The maximum Gasteiger partial charge on any atom is 0.246 e. The molecule has 0 bridgehead atoms. The topological polar surface area (TPSA) is 49.8 Å². The van der Waals surface area contributed by atoms with Crippen LogP contribution in [0.15, 0.2) is 47.7 Å². The maximum atomic E-state index is 12.3. The summed E-state index contributed by atoms with van der Waals surface area (Å²) in [6.45, 7) is 4.48. The zero-order valence-corrected chi connectivity index (χ0v) is 14.3. The van der Waals surface area contributed by atoms with Crippen LogP contribution in [-0.4, -0.2) is 35.2 Å². The second-order valence-electron chi connectivity index (χ2n) is 5.87. The van der Waals surface area contributed by atoms with Gasteiger partial charge >= 0.3 is 0 Å². The van der Waals surface area contributed by atoms with E-state index in [-0.39, 0.29) is 25.2 Å². The van der Waals surface area contributed by atoms with E-state index in [1.807, 2.05) is 29.2 Å². The van der Waals surface area contributed by atoms with Gasteiger partial charge in [0, 0.05) is 12.6 Å². The number of benzene rings is 1. The number of amides is 1. The first kappa shape index (κ1) is 16.7. The van der Waals surface area contributed by atoms with E-state index in [0.29, 0.717) is 6.54 Å². The molecule has 1 aromatic carbocycles. The van der Waals surface area contributed by atoms with Gasteiger partial charge in [0.1, 0.15) is 12.4 Å². The average Bonchev–Trinajstić information content (AvgIpc) is 3.20. The zero-order valence-electron chi connectivity index (χ0n) is 13.5. The first-order chi connectivity index (χ1) is 11.7. The molecule has 0 aliphatic heterocycles. The molecule has 5 heteroatoms. The van der Waals surface area contributed by atoms with Gasteiger partial charge in [-0.15, -0.1) is 0 Å². The Balaban J connectivity index is 1.70. The minimum atomic E-state index is -0.0329. The summed E-state index contributed by atoms with van der Waals surface area (Å²) in [4.78, 5) is 14.2. The van der Waals surface area contributed by atoms with Crippen molar-refractivity contribution in [3.8, 4) is 5.75 Å². The maximum absolute atomic E-state index is 12.3. The minimum absolute atomic E-state index is 0.00493. The van der Waals surface area contributed by atoms with Gasteiger partial charge in [-0.25, -0.2) is 0 Å². The number of carbonyl (C=O) groups excluding carboxylic acids is 1. The molecule has 1 heterocycles. The molecule has 0 saturated carbocycles. The van der Waals surface area contributed by atoms with Crippen LogP contribution in [0, 0.1) is 0 Å². The van der Waals surface area contributed by atoms with E-state index in [4.69, 9.17) is 9.84 Å². The van der Waals surface area contributed by atoms with Crippen molar-refractivity contribution in [3.05, 3.63) is 64.4 Å². The van der Waals surface area contributed by atoms with Gasteiger partial charge in [0.05, 0.1) is 6.61 Å². The van der Waals surface area contributed by atoms with Crippen LogP contribution in [0.3, 0.4) is 0 Å². The van der Waals surface area contributed by atoms with Crippen LogP contribution in [0.2, 0.25) is 0 Å². The van der Waals surface area contributed by atoms with Crippen molar-refractivity contribution in [1.82, 2.24) is 4.90 Å². The lowest BCUT2D eigenvalue weighted by atomic mass is 10.1. The van der Waals surface area contributed by atoms with Crippen molar-refractivity contribution in [1.29, 1.82) is 0 Å². The van der Waals surface area contributed by atoms with Crippen LogP contribution in [0.1, 0.15) is 16.7 Å². The minimum Gasteiger partial charge on any atom is -0.491 e. The Morgan fingerprint density at radius 1 is 1.29 bits per heavy atom. The van der Waals surface area contributed by atoms with Gasteiger partial charge in [0.2, 0.25) is 5.91 Å². The van der Waals surface area contributed by atoms with Crippen LogP contribution in [-0.2, 0) is 24.2 Å². The smallest absolute Gasteiger partial charge is 0.246 e. The Morgan fingerprint density at radius 2 is 1.96 bits per heavy atom. The molecule has 0 spiro atoms. The van der Waals surface area contributed by atoms with Gasteiger partial charge in [0.25, 0.3) is 0 Å². The Bertz CT molecular complexity index is 687. The summed E-state index contributed by atoms with van der Waals surface area (Å²) in [7, 11) is 0. The standard InChI is InChI=1S/C19H21NO3S/c1-2-19(22)20(17-9-15-12-24-13-16(15)10-17)11-14-3-5-18(6-4-14)23-8-7-21/h2-6,12-13,17,21H,1,7-11H2. The fraction of sp³-hybridized carbons (Fsp3) is 0.316. The highest BCUT2D eigenvalue weighted by molar-refractivity contribution is 7.08. The molecular formula is C19H21NO3S. The second-order valence-corrected chi connectivity index (χ2v) is 6.61. The molecule has 0 fully saturated rings. The zero-order chi connectivity index (χ0) is 16.9. The number of hydrogen-bond acceptors (Lipinski definition) is 4. The lowest BCUT2D eigenvalue weighted by molar-refractivity contribution is -0.128. The Morgan fingerprint density at radius 3 is 2.54 bits per heavy atom. The molecule has 3 rings (SSSR count). The highest BCUT2D eigenvalue weighted by Gasteiger charge is 2.29. The monoisotopic (exact) mass is 343 g/mol. The molecule has 0 saturated heterocycles. The fourth-order valence-electron chi connectivity index (χ4n) is 3.06. The van der Waals surface area contributed by atoms with Gasteiger partial charge in [-0.2, -0.15) is 11.3 Å². The van der Waals surface area contributed by atoms with E-state index in [1.165, 1.54) is 17.2 Å². The van der Waals surface area contributed by atoms with Crippen LogP contribution < -0.4 is 4.74 Å². The normalized spacial score (nSPS) is 13.5. The molecule has 0 unspecified atom stereocenters. The van der Waals surface area contributed by atoms with Crippen molar-refractivity contribution >= 4 is 17.2 Å². The van der Waals surface area contributed by atoms with Crippen molar-refractivity contribution in [2.75, 3.05) is 13.2 Å². The van der Waals surface area contributed by atoms with E-state index >= 15 is 0 Å². The van der Waals surface area contributed by atoms with Gasteiger partial charge in [0.15, 0.2) is 0 Å². The Kier molecular flexibility index (Phi) is 5.33. The highest BCUT2D eigenvalue weighted by atomic mass is 32.1. The Hall–Kier alpha value is -2.11. The molecule has 1 aliphatic carbocycles. The van der Waals surface area contributed by atoms with Crippen molar-refractivity contribution in [2.45, 2.75) is 25.4 Å². The summed E-state index contributed by atoms with van der Waals surface area (Å²) in [5, 5.41) is 13.1. The third kappa shape index (κ3) is 3.68. The summed E-state index contributed by atoms with van der Waals surface area (Å²) in [6, 6.07) is 7.85. The lowest BCUT2D eigenvalue weighted by Gasteiger charge is -2.28. The number of carbonyl (C=O) groups is 1. The molecule has 2 aromatic rings. The number of hydrogen-bond donors (Lipinski definition) is 1. The molecule has 1 aliphatic rings. The number of rotatable bonds is 7. The molecule has 1 amide bonds. The van der Waals surface area contributed by atoms with E-state index in [1.54, 1.807) is 11.3 Å². The van der Waals surface area contributed by atoms with Crippen molar-refractivity contribution in [2.24, 2.45) is 0 Å². The van der Waals surface area contributed by atoms with Crippen molar-refractivity contribution in [3.63, 3.8) is 0 Å². The third-order valence-corrected chi connectivity index (χ3v) is 5.12. The summed E-state index contributed by atoms with van der Waals surface area (Å²) >= 11 is 1.73. The summed E-state index contributed by atoms with van der Waals surface area (Å²) in [5.41, 5.74) is 3.77. The first-order valence-electron chi connectivity index (χ1n) is 8.01. The molecule has 0 radical (unpaired) electrons. The Labute approximate surface area is 146 Å². The van der Waals surface area contributed by atoms with Crippen LogP contribution >= 0.6 is 11.3 Å². The molecule has 4 nitrogen and oxygen atoms in total. The molecule has 24 heavy (non-hydrogen) atoms. The van der Waals surface area contributed by atoms with Crippen LogP contribution in [0.25, 0.3) is 0 Å².